The molecule has 0 aromatic carbocycles. The van der Waals surface area contributed by atoms with Crippen LogP contribution in [0.5, 0.6) is 0 Å². The Kier molecular flexibility index (Phi) is 4.99. The van der Waals surface area contributed by atoms with E-state index in [1.165, 1.54) is 4.90 Å². The Bertz CT molecular complexity index is 330. The van der Waals surface area contributed by atoms with Gasteiger partial charge >= 0.3 is 5.97 Å². The minimum absolute atomic E-state index is 0.253. The molecule has 0 spiro atoms. The molecule has 1 fully saturated rings. The smallest absolute Gasteiger partial charge is 0.329 e. The number of hydrogen-bond acceptors (Lipinski definition) is 2. The second-order valence-corrected chi connectivity index (χ2v) is 6.34. The fraction of sp³-hybridized carbons (Fsp3) is 0.867. The van der Waals surface area contributed by atoms with Crippen molar-refractivity contribution in [2.45, 2.75) is 65.3 Å². The van der Waals surface area contributed by atoms with Crippen LogP contribution in [0, 0.1) is 11.3 Å². The van der Waals surface area contributed by atoms with Crippen LogP contribution < -0.4 is 0 Å². The Balaban J connectivity index is 2.87. The molecular formula is C15H27NO3. The highest BCUT2D eigenvalue weighted by Crippen LogP contribution is 2.45. The van der Waals surface area contributed by atoms with Gasteiger partial charge in [-0.15, -0.1) is 0 Å². The molecule has 19 heavy (non-hydrogen) atoms. The second-order valence-electron chi connectivity index (χ2n) is 6.34. The van der Waals surface area contributed by atoms with Crippen molar-refractivity contribution in [1.82, 2.24) is 4.90 Å². The summed E-state index contributed by atoms with van der Waals surface area (Å²) in [5.41, 5.74) is -0.723. The van der Waals surface area contributed by atoms with E-state index in [9.17, 15) is 14.7 Å². The van der Waals surface area contributed by atoms with E-state index in [2.05, 4.69) is 20.8 Å². The maximum absolute atomic E-state index is 11.7. The molecule has 1 aliphatic rings. The van der Waals surface area contributed by atoms with Crippen LogP contribution in [0.3, 0.4) is 0 Å². The van der Waals surface area contributed by atoms with Gasteiger partial charge in [0.15, 0.2) is 0 Å². The topological polar surface area (TPSA) is 57.6 Å². The Morgan fingerprint density at radius 2 is 1.89 bits per heavy atom. The normalized spacial score (nSPS) is 27.9. The number of carboxylic acid groups (broad SMARTS) is 1. The number of aliphatic carboxylic acids is 1. The lowest BCUT2D eigenvalue weighted by molar-refractivity contribution is -0.159. The molecule has 0 aliphatic heterocycles. The van der Waals surface area contributed by atoms with Crippen molar-refractivity contribution in [2.75, 3.05) is 6.54 Å². The second kappa shape index (κ2) is 5.93. The highest BCUT2D eigenvalue weighted by Gasteiger charge is 2.47. The van der Waals surface area contributed by atoms with Gasteiger partial charge in [0.05, 0.1) is 0 Å². The molecule has 1 rings (SSSR count). The van der Waals surface area contributed by atoms with Crippen LogP contribution in [0.4, 0.5) is 0 Å². The number of carbonyl (C=O) groups excluding carboxylic acids is 1. The van der Waals surface area contributed by atoms with Crippen LogP contribution in [0.1, 0.15) is 59.8 Å². The van der Waals surface area contributed by atoms with Crippen LogP contribution in [0.15, 0.2) is 0 Å². The molecule has 0 heterocycles. The quantitative estimate of drug-likeness (QED) is 0.754. The summed E-state index contributed by atoms with van der Waals surface area (Å²) in [5.74, 6) is -0.301. The molecule has 4 nitrogen and oxygen atoms in total. The van der Waals surface area contributed by atoms with Crippen molar-refractivity contribution in [2.24, 2.45) is 11.3 Å². The van der Waals surface area contributed by atoms with Crippen LogP contribution in [0.25, 0.3) is 0 Å². The van der Waals surface area contributed by atoms with E-state index >= 15 is 0 Å². The number of nitrogens with zero attached hydrogens (tertiary/aromatic N) is 1. The third-order valence-electron chi connectivity index (χ3n) is 5.24. The summed E-state index contributed by atoms with van der Waals surface area (Å²) in [4.78, 5) is 24.3. The van der Waals surface area contributed by atoms with Gasteiger partial charge in [0.25, 0.3) is 0 Å². The van der Waals surface area contributed by atoms with Gasteiger partial charge in [0.2, 0.25) is 6.41 Å². The number of carbonyl (C=O) groups is 2. The van der Waals surface area contributed by atoms with E-state index in [1.807, 2.05) is 6.92 Å². The first-order valence-corrected chi connectivity index (χ1v) is 7.29. The fourth-order valence-corrected chi connectivity index (χ4v) is 3.27. The van der Waals surface area contributed by atoms with Gasteiger partial charge in [0, 0.05) is 6.54 Å². The first-order valence-electron chi connectivity index (χ1n) is 7.29. The predicted molar refractivity (Wildman–Crippen MR) is 74.8 cm³/mol. The monoisotopic (exact) mass is 269 g/mol. The molecule has 0 unspecified atom stereocenters. The van der Waals surface area contributed by atoms with Gasteiger partial charge in [-0.2, -0.15) is 0 Å². The predicted octanol–water partition coefficient (Wildman–Crippen LogP) is 2.91. The van der Waals surface area contributed by atoms with Crippen molar-refractivity contribution < 1.29 is 14.7 Å². The molecule has 0 aromatic rings. The van der Waals surface area contributed by atoms with Crippen molar-refractivity contribution in [3.8, 4) is 0 Å². The van der Waals surface area contributed by atoms with Crippen LogP contribution in [-0.2, 0) is 9.59 Å². The average Bonchev–Trinajstić information content (AvgIpc) is 2.40. The highest BCUT2D eigenvalue weighted by molar-refractivity contribution is 5.81. The van der Waals surface area contributed by atoms with Gasteiger partial charge in [-0.1, -0.05) is 27.2 Å². The van der Waals surface area contributed by atoms with Crippen molar-refractivity contribution in [1.29, 1.82) is 0 Å². The first kappa shape index (κ1) is 16.0. The molecule has 1 aliphatic carbocycles. The molecule has 1 amide bonds. The van der Waals surface area contributed by atoms with E-state index in [0.29, 0.717) is 31.7 Å². The lowest BCUT2D eigenvalue weighted by atomic mass is 9.65. The minimum atomic E-state index is -0.975. The summed E-state index contributed by atoms with van der Waals surface area (Å²) in [6.45, 7) is 8.98. The van der Waals surface area contributed by atoms with E-state index in [0.717, 1.165) is 19.3 Å². The standard InChI is InChI=1S/C15H27NO3/c1-5-14(3,4)12-7-9-15(10-8-12,13(18)19)16(6-2)11-17/h11-12H,5-10H2,1-4H3,(H,18,19). The average molecular weight is 269 g/mol. The maximum Gasteiger partial charge on any atom is 0.329 e. The minimum Gasteiger partial charge on any atom is -0.479 e. The molecule has 0 aromatic heterocycles. The molecule has 0 atom stereocenters. The highest BCUT2D eigenvalue weighted by atomic mass is 16.4. The molecule has 4 heteroatoms. The summed E-state index contributed by atoms with van der Waals surface area (Å²) in [5, 5.41) is 9.57. The third kappa shape index (κ3) is 2.93. The first-order chi connectivity index (χ1) is 8.84. The van der Waals surface area contributed by atoms with E-state index in [1.54, 1.807) is 0 Å². The number of carboxylic acids is 1. The number of likely N-dealkylation sites (N-methyl/N-ethyl adjacent to an activating group) is 1. The van der Waals surface area contributed by atoms with E-state index in [-0.39, 0.29) is 5.41 Å². The van der Waals surface area contributed by atoms with Gasteiger partial charge in [-0.25, -0.2) is 4.79 Å². The number of amides is 1. The molecule has 0 saturated heterocycles. The van der Waals surface area contributed by atoms with Gasteiger partial charge in [-0.3, -0.25) is 4.79 Å². The SMILES string of the molecule is CCN(C=O)C1(C(=O)O)CCC(C(C)(C)CC)CC1. The number of rotatable bonds is 6. The van der Waals surface area contributed by atoms with Gasteiger partial charge in [-0.05, 0) is 43.9 Å². The Morgan fingerprint density at radius 3 is 2.21 bits per heavy atom. The van der Waals surface area contributed by atoms with Gasteiger partial charge in [0.1, 0.15) is 5.54 Å². The summed E-state index contributed by atoms with van der Waals surface area (Å²) in [6, 6.07) is 0. The number of hydrogen-bond donors (Lipinski definition) is 1. The van der Waals surface area contributed by atoms with Crippen LogP contribution >= 0.6 is 0 Å². The molecule has 1 saturated carbocycles. The van der Waals surface area contributed by atoms with Crippen molar-refractivity contribution in [3.05, 3.63) is 0 Å². The Morgan fingerprint density at radius 1 is 1.37 bits per heavy atom. The van der Waals surface area contributed by atoms with E-state index in [4.69, 9.17) is 0 Å². The Hall–Kier alpha value is -1.06. The lowest BCUT2D eigenvalue weighted by Crippen LogP contribution is -2.56. The maximum atomic E-state index is 11.7. The summed E-state index contributed by atoms with van der Waals surface area (Å²) in [6.07, 6.45) is 4.71. The lowest BCUT2D eigenvalue weighted by Gasteiger charge is -2.46. The molecular weight excluding hydrogens is 242 g/mol. The van der Waals surface area contributed by atoms with E-state index < -0.39 is 11.5 Å². The fourth-order valence-electron chi connectivity index (χ4n) is 3.27. The van der Waals surface area contributed by atoms with Gasteiger partial charge < -0.3 is 10.0 Å². The Labute approximate surface area is 116 Å². The summed E-state index contributed by atoms with van der Waals surface area (Å²) >= 11 is 0. The molecule has 0 bridgehead atoms. The van der Waals surface area contributed by atoms with Crippen LogP contribution in [0.2, 0.25) is 0 Å². The third-order valence-corrected chi connectivity index (χ3v) is 5.24. The zero-order chi connectivity index (χ0) is 14.7. The summed E-state index contributed by atoms with van der Waals surface area (Å²) < 4.78 is 0. The van der Waals surface area contributed by atoms with Crippen LogP contribution in [-0.4, -0.2) is 34.5 Å². The van der Waals surface area contributed by atoms with Crippen molar-refractivity contribution in [3.63, 3.8) is 0 Å². The zero-order valence-electron chi connectivity index (χ0n) is 12.6. The molecule has 110 valence electrons. The van der Waals surface area contributed by atoms with Crippen molar-refractivity contribution >= 4 is 12.4 Å². The zero-order valence-corrected chi connectivity index (χ0v) is 12.6. The largest absolute Gasteiger partial charge is 0.479 e. The molecule has 1 N–H and O–H groups in total. The molecule has 0 radical (unpaired) electrons. The summed E-state index contributed by atoms with van der Waals surface area (Å²) in [7, 11) is 0.